The molecule has 0 aromatic heterocycles. The van der Waals surface area contributed by atoms with Crippen LogP contribution in [0.2, 0.25) is 0 Å². The van der Waals surface area contributed by atoms with Crippen molar-refractivity contribution in [2.75, 3.05) is 0 Å². The molecular weight excluding hydrogens is 400 g/mol. The van der Waals surface area contributed by atoms with Crippen molar-refractivity contribution in [1.29, 1.82) is 0 Å². The molecule has 4 nitrogen and oxygen atoms in total. The second-order valence-corrected chi connectivity index (χ2v) is 10.4. The minimum Gasteiger partial charge on any atom is -0.459 e. The first-order valence-corrected chi connectivity index (χ1v) is 13.0. The Bertz CT molecular complexity index is 596. The van der Waals surface area contributed by atoms with Gasteiger partial charge in [-0.3, -0.25) is 0 Å². The molecular formula is C28H46O4. The summed E-state index contributed by atoms with van der Waals surface area (Å²) in [6.45, 7) is 15.4. The number of rotatable bonds is 11. The topological polar surface area (TPSA) is 52.6 Å². The van der Waals surface area contributed by atoms with Crippen LogP contribution in [-0.4, -0.2) is 24.1 Å². The molecule has 0 bridgehead atoms. The maximum atomic E-state index is 12.2. The second-order valence-electron chi connectivity index (χ2n) is 10.4. The lowest BCUT2D eigenvalue weighted by Gasteiger charge is -2.43. The van der Waals surface area contributed by atoms with Gasteiger partial charge in [-0.05, 0) is 88.9 Å². The molecule has 2 fully saturated rings. The molecule has 2 aliphatic rings. The van der Waals surface area contributed by atoms with Crippen LogP contribution in [0.1, 0.15) is 105 Å². The molecule has 2 aliphatic carbocycles. The van der Waals surface area contributed by atoms with E-state index in [0.717, 1.165) is 51.4 Å². The van der Waals surface area contributed by atoms with E-state index < -0.39 is 0 Å². The first-order valence-electron chi connectivity index (χ1n) is 13.0. The summed E-state index contributed by atoms with van der Waals surface area (Å²) in [5.41, 5.74) is 0.977. The van der Waals surface area contributed by atoms with E-state index in [1.807, 2.05) is 0 Å². The molecule has 0 spiro atoms. The Morgan fingerprint density at radius 3 is 1.41 bits per heavy atom. The highest BCUT2D eigenvalue weighted by molar-refractivity contribution is 5.87. The zero-order valence-electron chi connectivity index (χ0n) is 21.0. The lowest BCUT2D eigenvalue weighted by atomic mass is 9.65. The lowest BCUT2D eigenvalue weighted by Crippen LogP contribution is -2.40. The molecule has 2 rings (SSSR count). The van der Waals surface area contributed by atoms with Gasteiger partial charge in [0.1, 0.15) is 12.2 Å². The number of esters is 2. The summed E-state index contributed by atoms with van der Waals surface area (Å²) >= 11 is 0. The fraction of sp³-hybridized carbons (Fsp3) is 0.786. The number of carbonyl (C=O) groups is 2. The third kappa shape index (κ3) is 7.78. The average molecular weight is 447 g/mol. The van der Waals surface area contributed by atoms with Crippen LogP contribution in [0.4, 0.5) is 0 Å². The molecule has 6 atom stereocenters. The van der Waals surface area contributed by atoms with Crippen molar-refractivity contribution in [2.45, 2.75) is 117 Å². The fourth-order valence-electron chi connectivity index (χ4n) is 5.73. The van der Waals surface area contributed by atoms with Gasteiger partial charge in [0.25, 0.3) is 0 Å². The van der Waals surface area contributed by atoms with Crippen LogP contribution in [0, 0.1) is 23.7 Å². The summed E-state index contributed by atoms with van der Waals surface area (Å²) in [7, 11) is 0. The van der Waals surface area contributed by atoms with Crippen LogP contribution in [0.5, 0.6) is 0 Å². The molecule has 2 saturated carbocycles. The maximum absolute atomic E-state index is 12.2. The van der Waals surface area contributed by atoms with Gasteiger partial charge >= 0.3 is 11.9 Å². The Labute approximate surface area is 196 Å². The molecule has 182 valence electrons. The number of unbranched alkanes of at least 4 members (excludes halogenated alkanes) is 2. The smallest absolute Gasteiger partial charge is 0.333 e. The first-order chi connectivity index (χ1) is 15.3. The first kappa shape index (κ1) is 26.7. The SMILES string of the molecule is C=C(C)C(=O)OC1CCC(C2CCC(OC(=O)C(=C)C)C(CCCC)C2)CC1CCCC. The Morgan fingerprint density at radius 2 is 1.09 bits per heavy atom. The second kappa shape index (κ2) is 13.2. The minimum atomic E-state index is -0.241. The summed E-state index contributed by atoms with van der Waals surface area (Å²) < 4.78 is 11.7. The molecule has 32 heavy (non-hydrogen) atoms. The normalized spacial score (nSPS) is 30.4. The number of ether oxygens (including phenoxy) is 2. The van der Waals surface area contributed by atoms with Gasteiger partial charge in [-0.2, -0.15) is 0 Å². The van der Waals surface area contributed by atoms with Crippen LogP contribution in [0.3, 0.4) is 0 Å². The highest BCUT2D eigenvalue weighted by Crippen LogP contribution is 2.45. The van der Waals surface area contributed by atoms with Crippen LogP contribution in [0.15, 0.2) is 24.3 Å². The minimum absolute atomic E-state index is 0.0331. The quantitative estimate of drug-likeness (QED) is 0.249. The summed E-state index contributed by atoms with van der Waals surface area (Å²) in [5.74, 6) is 1.77. The molecule has 0 aliphatic heterocycles. The van der Waals surface area contributed by atoms with Crippen molar-refractivity contribution < 1.29 is 19.1 Å². The Balaban J connectivity index is 2.03. The van der Waals surface area contributed by atoms with Gasteiger partial charge in [0, 0.05) is 11.1 Å². The molecule has 0 saturated heterocycles. The molecule has 0 N–H and O–H groups in total. The van der Waals surface area contributed by atoms with E-state index in [1.54, 1.807) is 13.8 Å². The highest BCUT2D eigenvalue weighted by atomic mass is 16.5. The Morgan fingerprint density at radius 1 is 0.719 bits per heavy atom. The van der Waals surface area contributed by atoms with Gasteiger partial charge < -0.3 is 9.47 Å². The van der Waals surface area contributed by atoms with Gasteiger partial charge in [0.05, 0.1) is 0 Å². The van der Waals surface area contributed by atoms with E-state index in [-0.39, 0.29) is 24.1 Å². The van der Waals surface area contributed by atoms with Gasteiger partial charge in [0.2, 0.25) is 0 Å². The van der Waals surface area contributed by atoms with Crippen molar-refractivity contribution in [2.24, 2.45) is 23.7 Å². The van der Waals surface area contributed by atoms with Crippen LogP contribution < -0.4 is 0 Å². The number of hydrogen-bond acceptors (Lipinski definition) is 4. The van der Waals surface area contributed by atoms with Crippen molar-refractivity contribution in [3.8, 4) is 0 Å². The van der Waals surface area contributed by atoms with Crippen LogP contribution >= 0.6 is 0 Å². The highest BCUT2D eigenvalue weighted by Gasteiger charge is 2.40. The third-order valence-corrected chi connectivity index (χ3v) is 7.64. The van der Waals surface area contributed by atoms with Gasteiger partial charge in [-0.25, -0.2) is 9.59 Å². The average Bonchev–Trinajstić information content (AvgIpc) is 2.77. The van der Waals surface area contributed by atoms with E-state index >= 15 is 0 Å². The van der Waals surface area contributed by atoms with Gasteiger partial charge in [0.15, 0.2) is 0 Å². The van der Waals surface area contributed by atoms with Crippen molar-refractivity contribution in [3.05, 3.63) is 24.3 Å². The lowest BCUT2D eigenvalue weighted by molar-refractivity contribution is -0.153. The van der Waals surface area contributed by atoms with Crippen LogP contribution in [-0.2, 0) is 19.1 Å². The van der Waals surface area contributed by atoms with Gasteiger partial charge in [-0.1, -0.05) is 52.7 Å². The number of carbonyl (C=O) groups excluding carboxylic acids is 2. The Kier molecular flexibility index (Phi) is 11.0. The standard InChI is InChI=1S/C28H46O4/c1-7-9-11-23-17-21(13-15-25(23)31-27(29)19(3)4)22-14-16-26(32-28(30)20(5)6)24(18-22)12-10-8-2/h21-26H,3,5,7-18H2,1-2,4,6H3. The monoisotopic (exact) mass is 446 g/mol. The maximum Gasteiger partial charge on any atom is 0.333 e. The van der Waals surface area contributed by atoms with E-state index in [4.69, 9.17) is 9.47 Å². The van der Waals surface area contributed by atoms with E-state index in [2.05, 4.69) is 27.0 Å². The zero-order chi connectivity index (χ0) is 23.7. The van der Waals surface area contributed by atoms with Crippen molar-refractivity contribution in [3.63, 3.8) is 0 Å². The predicted octanol–water partition coefficient (Wildman–Crippen LogP) is 7.18. The molecule has 0 radical (unpaired) electrons. The van der Waals surface area contributed by atoms with Crippen LogP contribution in [0.25, 0.3) is 0 Å². The van der Waals surface area contributed by atoms with Gasteiger partial charge in [-0.15, -0.1) is 0 Å². The third-order valence-electron chi connectivity index (χ3n) is 7.64. The molecule has 0 heterocycles. The summed E-state index contributed by atoms with van der Waals surface area (Å²) in [6.07, 6.45) is 13.5. The molecule has 0 aromatic rings. The summed E-state index contributed by atoms with van der Waals surface area (Å²) in [6, 6.07) is 0. The fourth-order valence-corrected chi connectivity index (χ4v) is 5.73. The molecule has 0 amide bonds. The summed E-state index contributed by atoms with van der Waals surface area (Å²) in [4.78, 5) is 24.3. The molecule has 6 unspecified atom stereocenters. The number of hydrogen-bond donors (Lipinski definition) is 0. The zero-order valence-corrected chi connectivity index (χ0v) is 21.0. The Hall–Kier alpha value is -1.58. The molecule has 4 heteroatoms. The van der Waals surface area contributed by atoms with Crippen molar-refractivity contribution >= 4 is 11.9 Å². The van der Waals surface area contributed by atoms with Crippen molar-refractivity contribution in [1.82, 2.24) is 0 Å². The van der Waals surface area contributed by atoms with E-state index in [0.29, 0.717) is 34.8 Å². The van der Waals surface area contributed by atoms with E-state index in [9.17, 15) is 9.59 Å². The largest absolute Gasteiger partial charge is 0.459 e. The molecule has 0 aromatic carbocycles. The predicted molar refractivity (Wildman–Crippen MR) is 130 cm³/mol. The van der Waals surface area contributed by atoms with E-state index in [1.165, 1.54) is 25.7 Å². The summed E-state index contributed by atoms with van der Waals surface area (Å²) in [5, 5.41) is 0.